The first-order valence-electron chi connectivity index (χ1n) is 11.1. The molecular weight excluding hydrogens is 380 g/mol. The van der Waals surface area contributed by atoms with Crippen LogP contribution in [0, 0.1) is 17.2 Å². The van der Waals surface area contributed by atoms with Crippen molar-refractivity contribution < 1.29 is 4.74 Å². The summed E-state index contributed by atoms with van der Waals surface area (Å²) in [6, 6.07) is 25.9. The van der Waals surface area contributed by atoms with Crippen LogP contribution in [0.2, 0.25) is 0 Å². The largest absolute Gasteiger partial charge is 0.492 e. The number of nitrogens with zero attached hydrogens (tertiary/aromatic N) is 1. The maximum Gasteiger partial charge on any atom is 0.122 e. The lowest BCUT2D eigenvalue weighted by atomic mass is 9.90. The van der Waals surface area contributed by atoms with Crippen LogP contribution in [0.3, 0.4) is 0 Å². The number of hydrogen-bond acceptors (Lipinski definition) is 3. The van der Waals surface area contributed by atoms with Gasteiger partial charge >= 0.3 is 0 Å². The van der Waals surface area contributed by atoms with Gasteiger partial charge in [-0.25, -0.2) is 0 Å². The average molecular weight is 413 g/mol. The molecule has 0 fully saturated rings. The Bertz CT molecular complexity index is 1020. The van der Waals surface area contributed by atoms with E-state index in [0.29, 0.717) is 25.5 Å². The second-order valence-corrected chi connectivity index (χ2v) is 8.37. The molecule has 3 heteroatoms. The molecule has 0 heterocycles. The second-order valence-electron chi connectivity index (χ2n) is 8.37. The summed E-state index contributed by atoms with van der Waals surface area (Å²) in [6.07, 6.45) is 3.17. The predicted molar refractivity (Wildman–Crippen MR) is 128 cm³/mol. The maximum atomic E-state index is 8.94. The minimum Gasteiger partial charge on any atom is -0.492 e. The van der Waals surface area contributed by atoms with E-state index >= 15 is 0 Å². The Balaban J connectivity index is 2.00. The fraction of sp³-hybridized carbons (Fsp3) is 0.321. The normalized spacial score (nSPS) is 10.8. The van der Waals surface area contributed by atoms with Crippen molar-refractivity contribution in [1.29, 1.82) is 5.26 Å². The summed E-state index contributed by atoms with van der Waals surface area (Å²) < 4.78 is 5.95. The van der Waals surface area contributed by atoms with Crippen LogP contribution >= 0.6 is 0 Å². The standard InChI is InChI=1S/C28H32N2O/c1-21(2)17-25-18-23(9-6-14-29)10-12-27(25)24-11-13-28(31-16-15-30)26(20-24)19-22-7-4-3-5-8-22/h3-5,7-8,10-13,18,20-21H,6,9,15-17,19,30H2,1-2H3. The van der Waals surface area contributed by atoms with Gasteiger partial charge in [0.25, 0.3) is 0 Å². The number of hydrogen-bond donors (Lipinski definition) is 1. The summed E-state index contributed by atoms with van der Waals surface area (Å²) in [7, 11) is 0. The van der Waals surface area contributed by atoms with Gasteiger partial charge in [0.2, 0.25) is 0 Å². The fourth-order valence-electron chi connectivity index (χ4n) is 3.90. The summed E-state index contributed by atoms with van der Waals surface area (Å²) in [5, 5.41) is 8.94. The highest BCUT2D eigenvalue weighted by Gasteiger charge is 2.12. The van der Waals surface area contributed by atoms with Gasteiger partial charge in [-0.1, -0.05) is 68.4 Å². The van der Waals surface area contributed by atoms with Crippen molar-refractivity contribution in [3.05, 3.63) is 89.0 Å². The topological polar surface area (TPSA) is 59.0 Å². The molecule has 3 rings (SSSR count). The first-order valence-corrected chi connectivity index (χ1v) is 11.1. The average Bonchev–Trinajstić information content (AvgIpc) is 2.77. The van der Waals surface area contributed by atoms with E-state index in [1.165, 1.54) is 33.4 Å². The van der Waals surface area contributed by atoms with Crippen LogP contribution in [0.4, 0.5) is 0 Å². The number of rotatable bonds is 10. The highest BCUT2D eigenvalue weighted by molar-refractivity contribution is 5.70. The monoisotopic (exact) mass is 412 g/mol. The first kappa shape index (κ1) is 22.6. The van der Waals surface area contributed by atoms with Gasteiger partial charge in [-0.05, 0) is 64.3 Å². The zero-order valence-electron chi connectivity index (χ0n) is 18.6. The molecule has 0 saturated carbocycles. The number of aryl methyl sites for hydroxylation is 1. The van der Waals surface area contributed by atoms with E-state index in [1.807, 2.05) is 6.07 Å². The summed E-state index contributed by atoms with van der Waals surface area (Å²) in [6.45, 7) is 5.50. The van der Waals surface area contributed by atoms with Crippen molar-refractivity contribution >= 4 is 0 Å². The Morgan fingerprint density at radius 3 is 2.45 bits per heavy atom. The lowest BCUT2D eigenvalue weighted by molar-refractivity contribution is 0.325. The highest BCUT2D eigenvalue weighted by atomic mass is 16.5. The van der Waals surface area contributed by atoms with Crippen molar-refractivity contribution in [2.24, 2.45) is 11.7 Å². The van der Waals surface area contributed by atoms with Gasteiger partial charge in [0, 0.05) is 19.4 Å². The molecule has 3 aromatic carbocycles. The van der Waals surface area contributed by atoms with Gasteiger partial charge in [-0.15, -0.1) is 0 Å². The zero-order valence-corrected chi connectivity index (χ0v) is 18.6. The van der Waals surface area contributed by atoms with Crippen molar-refractivity contribution in [2.45, 2.75) is 39.5 Å². The quantitative estimate of drug-likeness (QED) is 0.448. The summed E-state index contributed by atoms with van der Waals surface area (Å²) >= 11 is 0. The van der Waals surface area contributed by atoms with Gasteiger partial charge in [0.05, 0.1) is 6.07 Å². The molecule has 0 aliphatic heterocycles. The number of nitriles is 1. The van der Waals surface area contributed by atoms with Crippen molar-refractivity contribution in [2.75, 3.05) is 13.2 Å². The van der Waals surface area contributed by atoms with Crippen LogP contribution in [0.15, 0.2) is 66.7 Å². The molecule has 3 nitrogen and oxygen atoms in total. The molecule has 0 unspecified atom stereocenters. The van der Waals surface area contributed by atoms with Crippen LogP contribution in [-0.2, 0) is 19.3 Å². The van der Waals surface area contributed by atoms with Gasteiger partial charge < -0.3 is 10.5 Å². The second kappa shape index (κ2) is 11.3. The predicted octanol–water partition coefficient (Wildman–Crippen LogP) is 5.94. The van der Waals surface area contributed by atoms with Crippen LogP contribution < -0.4 is 10.5 Å². The highest BCUT2D eigenvalue weighted by Crippen LogP contribution is 2.32. The van der Waals surface area contributed by atoms with E-state index in [4.69, 9.17) is 15.7 Å². The minimum absolute atomic E-state index is 0.495. The van der Waals surface area contributed by atoms with E-state index in [-0.39, 0.29) is 0 Å². The lowest BCUT2D eigenvalue weighted by Crippen LogP contribution is -2.11. The molecule has 0 amide bonds. The Hall–Kier alpha value is -3.09. The van der Waals surface area contributed by atoms with E-state index in [1.54, 1.807) is 0 Å². The smallest absolute Gasteiger partial charge is 0.122 e. The van der Waals surface area contributed by atoms with E-state index in [0.717, 1.165) is 25.0 Å². The molecule has 0 radical (unpaired) electrons. The molecule has 31 heavy (non-hydrogen) atoms. The minimum atomic E-state index is 0.495. The van der Waals surface area contributed by atoms with Gasteiger partial charge in [-0.3, -0.25) is 0 Å². The molecule has 3 aromatic rings. The Kier molecular flexibility index (Phi) is 8.27. The van der Waals surface area contributed by atoms with Crippen molar-refractivity contribution in [3.63, 3.8) is 0 Å². The number of ether oxygens (including phenoxy) is 1. The zero-order chi connectivity index (χ0) is 22.1. The van der Waals surface area contributed by atoms with E-state index in [9.17, 15) is 0 Å². The lowest BCUT2D eigenvalue weighted by Gasteiger charge is -2.17. The van der Waals surface area contributed by atoms with E-state index in [2.05, 4.69) is 80.6 Å². The third-order valence-corrected chi connectivity index (χ3v) is 5.31. The maximum absolute atomic E-state index is 8.94. The van der Waals surface area contributed by atoms with Crippen molar-refractivity contribution in [1.82, 2.24) is 0 Å². The molecule has 0 aliphatic rings. The van der Waals surface area contributed by atoms with Crippen LogP contribution in [-0.4, -0.2) is 13.2 Å². The first-order chi connectivity index (χ1) is 15.1. The molecule has 0 atom stereocenters. The third-order valence-electron chi connectivity index (χ3n) is 5.31. The fourth-order valence-corrected chi connectivity index (χ4v) is 3.90. The Morgan fingerprint density at radius 2 is 1.74 bits per heavy atom. The third kappa shape index (κ3) is 6.44. The van der Waals surface area contributed by atoms with Gasteiger partial charge in [-0.2, -0.15) is 5.26 Å². The van der Waals surface area contributed by atoms with Crippen LogP contribution in [0.1, 0.15) is 42.5 Å². The molecule has 0 aliphatic carbocycles. The molecule has 2 N–H and O–H groups in total. The molecule has 160 valence electrons. The van der Waals surface area contributed by atoms with Crippen molar-refractivity contribution in [3.8, 4) is 22.9 Å². The molecule has 0 saturated heterocycles. The van der Waals surface area contributed by atoms with Crippen LogP contribution in [0.5, 0.6) is 5.75 Å². The number of nitrogens with two attached hydrogens (primary N) is 1. The SMILES string of the molecule is CC(C)Cc1cc(CCC#N)ccc1-c1ccc(OCCN)c(Cc2ccccc2)c1. The van der Waals surface area contributed by atoms with Crippen LogP contribution in [0.25, 0.3) is 11.1 Å². The van der Waals surface area contributed by atoms with E-state index < -0.39 is 0 Å². The molecule has 0 aromatic heterocycles. The molecule has 0 spiro atoms. The van der Waals surface area contributed by atoms with Gasteiger partial charge in [0.1, 0.15) is 12.4 Å². The summed E-state index contributed by atoms with van der Waals surface area (Å²) in [4.78, 5) is 0. The summed E-state index contributed by atoms with van der Waals surface area (Å²) in [5.74, 6) is 1.45. The Morgan fingerprint density at radius 1 is 0.935 bits per heavy atom. The Labute approximate surface area is 186 Å². The number of benzene rings is 3. The summed E-state index contributed by atoms with van der Waals surface area (Å²) in [5.41, 5.74) is 13.1. The van der Waals surface area contributed by atoms with Gasteiger partial charge in [0.15, 0.2) is 0 Å². The molecular formula is C28H32N2O. The molecule has 0 bridgehead atoms.